The summed E-state index contributed by atoms with van der Waals surface area (Å²) in [6, 6.07) is 5.18. The van der Waals surface area contributed by atoms with Gasteiger partial charge in [0.25, 0.3) is 0 Å². The summed E-state index contributed by atoms with van der Waals surface area (Å²) in [6.45, 7) is 4.03. The monoisotopic (exact) mass is 344 g/mol. The van der Waals surface area contributed by atoms with Crippen molar-refractivity contribution in [3.05, 3.63) is 34.1 Å². The minimum Gasteiger partial charge on any atom is -0.368 e. The van der Waals surface area contributed by atoms with Gasteiger partial charge in [-0.25, -0.2) is 4.39 Å². The maximum atomic E-state index is 13.4. The number of benzene rings is 1. The van der Waals surface area contributed by atoms with E-state index in [1.807, 2.05) is 24.5 Å². The van der Waals surface area contributed by atoms with Crippen LogP contribution >= 0.6 is 27.7 Å². The molecule has 0 aliphatic heterocycles. The van der Waals surface area contributed by atoms with Crippen molar-refractivity contribution >= 4 is 33.6 Å². The van der Waals surface area contributed by atoms with E-state index in [0.717, 1.165) is 10.7 Å². The number of nitrogens with zero attached hydrogens (tertiary/aromatic N) is 3. The van der Waals surface area contributed by atoms with Crippen molar-refractivity contribution in [3.8, 4) is 0 Å². The van der Waals surface area contributed by atoms with E-state index in [0.29, 0.717) is 16.2 Å². The molecule has 0 fully saturated rings. The smallest absolute Gasteiger partial charge is 0.222 e. The Hall–Kier alpha value is -1.08. The van der Waals surface area contributed by atoms with E-state index in [4.69, 9.17) is 5.73 Å². The third-order valence-corrected chi connectivity index (χ3v) is 4.48. The van der Waals surface area contributed by atoms with Crippen LogP contribution in [-0.4, -0.2) is 14.8 Å². The van der Waals surface area contributed by atoms with Crippen LogP contribution < -0.4 is 5.73 Å². The molecule has 2 rings (SSSR count). The highest BCUT2D eigenvalue weighted by atomic mass is 79.9. The van der Waals surface area contributed by atoms with Gasteiger partial charge < -0.3 is 5.73 Å². The third-order valence-electron chi connectivity index (χ3n) is 2.60. The number of anilines is 1. The summed E-state index contributed by atoms with van der Waals surface area (Å²) in [4.78, 5) is 0. The first-order valence-electron chi connectivity index (χ1n) is 5.76. The molecule has 0 unspecified atom stereocenters. The second-order valence-electron chi connectivity index (χ2n) is 4.31. The summed E-state index contributed by atoms with van der Waals surface area (Å²) in [6.07, 6.45) is 0. The van der Waals surface area contributed by atoms with Crippen LogP contribution in [0, 0.1) is 5.82 Å². The molecule has 0 saturated heterocycles. The average Bonchev–Trinajstić information content (AvgIpc) is 2.72. The Balaban J connectivity index is 2.17. The number of rotatable bonds is 4. The Morgan fingerprint density at radius 1 is 1.42 bits per heavy atom. The Kier molecular flexibility index (Phi) is 4.46. The van der Waals surface area contributed by atoms with Crippen LogP contribution in [0.15, 0.2) is 27.8 Å². The van der Waals surface area contributed by atoms with Crippen molar-refractivity contribution in [2.24, 2.45) is 0 Å². The van der Waals surface area contributed by atoms with Crippen LogP contribution in [-0.2, 0) is 5.75 Å². The van der Waals surface area contributed by atoms with E-state index in [1.54, 1.807) is 6.07 Å². The van der Waals surface area contributed by atoms with Gasteiger partial charge in [-0.05, 0) is 41.4 Å². The maximum absolute atomic E-state index is 13.4. The van der Waals surface area contributed by atoms with E-state index >= 15 is 0 Å². The van der Waals surface area contributed by atoms with Gasteiger partial charge in [-0.2, -0.15) is 0 Å². The lowest BCUT2D eigenvalue weighted by Gasteiger charge is -2.11. The van der Waals surface area contributed by atoms with Gasteiger partial charge in [-0.15, -0.1) is 10.2 Å². The van der Waals surface area contributed by atoms with E-state index in [2.05, 4.69) is 26.1 Å². The van der Waals surface area contributed by atoms with Gasteiger partial charge in [0.1, 0.15) is 5.82 Å². The zero-order valence-corrected chi connectivity index (χ0v) is 13.0. The summed E-state index contributed by atoms with van der Waals surface area (Å²) in [5, 5.41) is 8.66. The molecule has 0 bridgehead atoms. The summed E-state index contributed by atoms with van der Waals surface area (Å²) in [5.41, 5.74) is 6.65. The Bertz CT molecular complexity index is 585. The number of nitrogen functional groups attached to an aromatic ring is 1. The molecule has 0 amide bonds. The van der Waals surface area contributed by atoms with E-state index in [9.17, 15) is 4.39 Å². The first-order chi connectivity index (χ1) is 9.00. The molecule has 2 N–H and O–H groups in total. The molecule has 1 aromatic carbocycles. The predicted octanol–water partition coefficient (Wildman–Crippen LogP) is 3.64. The Labute approximate surface area is 123 Å². The fourth-order valence-corrected chi connectivity index (χ4v) is 3.33. The highest BCUT2D eigenvalue weighted by Gasteiger charge is 2.14. The number of hydrogen-bond acceptors (Lipinski definition) is 4. The number of aromatic nitrogens is 3. The van der Waals surface area contributed by atoms with Crippen molar-refractivity contribution in [2.75, 3.05) is 5.73 Å². The molecule has 0 radical (unpaired) electrons. The minimum absolute atomic E-state index is 0.188. The minimum atomic E-state index is -0.261. The zero-order chi connectivity index (χ0) is 14.0. The molecular formula is C12H14BrFN4S. The van der Waals surface area contributed by atoms with Crippen molar-refractivity contribution in [2.45, 2.75) is 30.8 Å². The summed E-state index contributed by atoms with van der Waals surface area (Å²) in [5.74, 6) is 0.738. The van der Waals surface area contributed by atoms with Crippen molar-refractivity contribution in [1.29, 1.82) is 0 Å². The second-order valence-corrected chi connectivity index (χ2v) is 6.04. The standard InChI is InChI=1S/C12H14BrFN4S/c1-7(2)18-11(15)16-17-12(18)19-6-8-4-3-5-9(14)10(8)13/h3-5,7H,6H2,1-2H3,(H2,15,16). The lowest BCUT2D eigenvalue weighted by Crippen LogP contribution is -2.07. The summed E-state index contributed by atoms with van der Waals surface area (Å²) >= 11 is 4.74. The highest BCUT2D eigenvalue weighted by Crippen LogP contribution is 2.29. The highest BCUT2D eigenvalue weighted by molar-refractivity contribution is 9.10. The number of halogens is 2. The van der Waals surface area contributed by atoms with Crippen LogP contribution in [0.25, 0.3) is 0 Å². The Morgan fingerprint density at radius 2 is 2.16 bits per heavy atom. The molecule has 7 heteroatoms. The number of thioether (sulfide) groups is 1. The van der Waals surface area contributed by atoms with Crippen LogP contribution in [0.3, 0.4) is 0 Å². The summed E-state index contributed by atoms with van der Waals surface area (Å²) in [7, 11) is 0. The second kappa shape index (κ2) is 5.92. The zero-order valence-electron chi connectivity index (χ0n) is 10.6. The van der Waals surface area contributed by atoms with Crippen LogP contribution in [0.4, 0.5) is 10.3 Å². The molecule has 0 atom stereocenters. The largest absolute Gasteiger partial charge is 0.368 e. The van der Waals surface area contributed by atoms with Crippen molar-refractivity contribution in [3.63, 3.8) is 0 Å². The molecule has 19 heavy (non-hydrogen) atoms. The molecule has 102 valence electrons. The van der Waals surface area contributed by atoms with Gasteiger partial charge in [0, 0.05) is 11.8 Å². The number of hydrogen-bond donors (Lipinski definition) is 1. The predicted molar refractivity (Wildman–Crippen MR) is 78.5 cm³/mol. The fourth-order valence-electron chi connectivity index (χ4n) is 1.67. The van der Waals surface area contributed by atoms with E-state index in [-0.39, 0.29) is 11.9 Å². The maximum Gasteiger partial charge on any atom is 0.222 e. The number of nitrogens with two attached hydrogens (primary N) is 1. The van der Waals surface area contributed by atoms with Crippen LogP contribution in [0.2, 0.25) is 0 Å². The quantitative estimate of drug-likeness (QED) is 0.860. The van der Waals surface area contributed by atoms with Gasteiger partial charge >= 0.3 is 0 Å². The van der Waals surface area contributed by atoms with Crippen molar-refractivity contribution < 1.29 is 4.39 Å². The van der Waals surface area contributed by atoms with Crippen LogP contribution in [0.1, 0.15) is 25.5 Å². The van der Waals surface area contributed by atoms with Gasteiger partial charge in [-0.3, -0.25) is 4.57 Å². The van der Waals surface area contributed by atoms with Gasteiger partial charge in [0.2, 0.25) is 5.95 Å². The molecule has 1 heterocycles. The molecule has 0 saturated carbocycles. The van der Waals surface area contributed by atoms with Gasteiger partial charge in [0.05, 0.1) is 4.47 Å². The van der Waals surface area contributed by atoms with Crippen molar-refractivity contribution in [1.82, 2.24) is 14.8 Å². The van der Waals surface area contributed by atoms with Gasteiger partial charge in [-0.1, -0.05) is 23.9 Å². The average molecular weight is 345 g/mol. The molecule has 1 aromatic heterocycles. The molecule has 0 spiro atoms. The first-order valence-corrected chi connectivity index (χ1v) is 7.54. The fraction of sp³-hybridized carbons (Fsp3) is 0.333. The topological polar surface area (TPSA) is 56.7 Å². The third kappa shape index (κ3) is 3.09. The first kappa shape index (κ1) is 14.3. The van der Waals surface area contributed by atoms with E-state index < -0.39 is 0 Å². The molecule has 0 aliphatic rings. The Morgan fingerprint density at radius 3 is 2.84 bits per heavy atom. The lowest BCUT2D eigenvalue weighted by molar-refractivity contribution is 0.557. The molecule has 2 aromatic rings. The molecule has 4 nitrogen and oxygen atoms in total. The lowest BCUT2D eigenvalue weighted by atomic mass is 10.2. The van der Waals surface area contributed by atoms with Gasteiger partial charge in [0.15, 0.2) is 5.16 Å². The normalized spacial score (nSPS) is 11.2. The molecular weight excluding hydrogens is 331 g/mol. The SMILES string of the molecule is CC(C)n1c(N)nnc1SCc1cccc(F)c1Br. The van der Waals surface area contributed by atoms with Crippen LogP contribution in [0.5, 0.6) is 0 Å². The molecule has 0 aliphatic carbocycles. The summed E-state index contributed by atoms with van der Waals surface area (Å²) < 4.78 is 15.8. The van der Waals surface area contributed by atoms with E-state index in [1.165, 1.54) is 17.8 Å².